The summed E-state index contributed by atoms with van der Waals surface area (Å²) < 4.78 is 0. The topological polar surface area (TPSA) is 84.0 Å². The minimum Gasteiger partial charge on any atom is -0.355 e. The van der Waals surface area contributed by atoms with E-state index in [0.29, 0.717) is 13.1 Å². The molecule has 2 amide bonds. The first kappa shape index (κ1) is 22.4. The second-order valence-corrected chi connectivity index (χ2v) is 9.69. The van der Waals surface area contributed by atoms with E-state index in [2.05, 4.69) is 32.7 Å². The smallest absolute Gasteiger partial charge is 0.226 e. The molecule has 0 aliphatic heterocycles. The van der Waals surface area contributed by atoms with E-state index in [4.69, 9.17) is 0 Å². The van der Waals surface area contributed by atoms with Crippen LogP contribution in [0.4, 0.5) is 0 Å². The number of fused-ring (bicyclic) bond motifs is 3. The van der Waals surface area contributed by atoms with Crippen LogP contribution >= 0.6 is 0 Å². The van der Waals surface area contributed by atoms with Gasteiger partial charge < -0.3 is 10.6 Å². The van der Waals surface area contributed by atoms with Crippen molar-refractivity contribution in [2.75, 3.05) is 13.1 Å². The fraction of sp³-hybridized carbons (Fsp3) is 0.538. The number of carbonyl (C=O) groups excluding carboxylic acids is 2. The van der Waals surface area contributed by atoms with Crippen molar-refractivity contribution < 1.29 is 9.59 Å². The first-order valence-corrected chi connectivity index (χ1v) is 11.8. The Morgan fingerprint density at radius 3 is 1.41 bits per heavy atom. The number of rotatable bonds is 8. The SMILES string of the molecule is Cc1ccc(CCNC(=O)C23CCC(C(=O)NCCc4ccc(C)nc4)(CC2)CC3)cn1. The molecule has 2 heterocycles. The summed E-state index contributed by atoms with van der Waals surface area (Å²) in [6, 6.07) is 8.13. The third kappa shape index (κ3) is 4.84. The van der Waals surface area contributed by atoms with Gasteiger partial charge in [-0.3, -0.25) is 19.6 Å². The van der Waals surface area contributed by atoms with Crippen molar-refractivity contribution in [2.24, 2.45) is 10.8 Å². The fourth-order valence-corrected chi connectivity index (χ4v) is 5.18. The maximum Gasteiger partial charge on any atom is 0.226 e. The normalized spacial score (nSPS) is 24.2. The van der Waals surface area contributed by atoms with Crippen molar-refractivity contribution in [3.05, 3.63) is 59.2 Å². The second-order valence-electron chi connectivity index (χ2n) is 9.69. The van der Waals surface area contributed by atoms with Crippen molar-refractivity contribution in [1.82, 2.24) is 20.6 Å². The van der Waals surface area contributed by atoms with Crippen LogP contribution < -0.4 is 10.6 Å². The molecule has 6 heteroatoms. The number of nitrogens with one attached hydrogen (secondary N) is 2. The maximum absolute atomic E-state index is 13.0. The van der Waals surface area contributed by atoms with Crippen LogP contribution in [0.5, 0.6) is 0 Å². The monoisotopic (exact) mass is 434 g/mol. The highest BCUT2D eigenvalue weighted by atomic mass is 16.2. The highest BCUT2D eigenvalue weighted by molar-refractivity contribution is 5.87. The van der Waals surface area contributed by atoms with Gasteiger partial charge in [-0.1, -0.05) is 12.1 Å². The van der Waals surface area contributed by atoms with Crippen molar-refractivity contribution in [2.45, 2.75) is 65.2 Å². The van der Waals surface area contributed by atoms with Gasteiger partial charge in [0.15, 0.2) is 0 Å². The number of aryl methyl sites for hydroxylation is 2. The quantitative estimate of drug-likeness (QED) is 0.667. The lowest BCUT2D eigenvalue weighted by Crippen LogP contribution is -2.55. The Kier molecular flexibility index (Phi) is 6.58. The fourth-order valence-electron chi connectivity index (χ4n) is 5.18. The Bertz CT molecular complexity index is 849. The predicted molar refractivity (Wildman–Crippen MR) is 124 cm³/mol. The zero-order valence-electron chi connectivity index (χ0n) is 19.2. The molecule has 6 nitrogen and oxygen atoms in total. The summed E-state index contributed by atoms with van der Waals surface area (Å²) in [4.78, 5) is 34.7. The molecule has 2 N–H and O–H groups in total. The van der Waals surface area contributed by atoms with E-state index in [9.17, 15) is 9.59 Å². The van der Waals surface area contributed by atoms with Gasteiger partial charge in [0.25, 0.3) is 0 Å². The van der Waals surface area contributed by atoms with E-state index < -0.39 is 0 Å². The van der Waals surface area contributed by atoms with Crippen molar-refractivity contribution in [1.29, 1.82) is 0 Å². The van der Waals surface area contributed by atoms with Crippen LogP contribution in [-0.4, -0.2) is 34.9 Å². The van der Waals surface area contributed by atoms with E-state index in [1.165, 1.54) is 0 Å². The van der Waals surface area contributed by atoms with Crippen LogP contribution in [-0.2, 0) is 22.4 Å². The summed E-state index contributed by atoms with van der Waals surface area (Å²) in [6.07, 6.45) is 10.2. The number of aromatic nitrogens is 2. The lowest BCUT2D eigenvalue weighted by molar-refractivity contribution is -0.150. The zero-order chi connectivity index (χ0) is 22.6. The number of hydrogen-bond acceptors (Lipinski definition) is 4. The van der Waals surface area contributed by atoms with Crippen LogP contribution in [0.1, 0.15) is 61.0 Å². The van der Waals surface area contributed by atoms with Crippen LogP contribution in [0.25, 0.3) is 0 Å². The summed E-state index contributed by atoms with van der Waals surface area (Å²) in [6.45, 7) is 5.20. The third-order valence-corrected chi connectivity index (χ3v) is 7.55. The molecule has 0 radical (unpaired) electrons. The highest BCUT2D eigenvalue weighted by Gasteiger charge is 2.55. The summed E-state index contributed by atoms with van der Waals surface area (Å²) in [7, 11) is 0. The molecule has 3 fully saturated rings. The minimum atomic E-state index is -0.291. The summed E-state index contributed by atoms with van der Waals surface area (Å²) in [5, 5.41) is 6.31. The van der Waals surface area contributed by atoms with Crippen LogP contribution in [0.2, 0.25) is 0 Å². The van der Waals surface area contributed by atoms with Gasteiger partial charge in [0.2, 0.25) is 11.8 Å². The van der Waals surface area contributed by atoms with Gasteiger partial charge in [0.1, 0.15) is 0 Å². The number of pyridine rings is 2. The molecule has 3 aliphatic rings. The Morgan fingerprint density at radius 2 is 1.09 bits per heavy atom. The predicted octanol–water partition coefficient (Wildman–Crippen LogP) is 3.45. The molecule has 2 aromatic rings. The van der Waals surface area contributed by atoms with Crippen LogP contribution in [0, 0.1) is 24.7 Å². The van der Waals surface area contributed by atoms with Gasteiger partial charge in [-0.05, 0) is 88.5 Å². The zero-order valence-corrected chi connectivity index (χ0v) is 19.2. The van der Waals surface area contributed by atoms with Gasteiger partial charge in [-0.2, -0.15) is 0 Å². The molecular weight excluding hydrogens is 400 g/mol. The average molecular weight is 435 g/mol. The summed E-state index contributed by atoms with van der Waals surface area (Å²) in [5.41, 5.74) is 3.69. The van der Waals surface area contributed by atoms with E-state index in [-0.39, 0.29) is 22.6 Å². The Balaban J connectivity index is 1.23. The highest BCUT2D eigenvalue weighted by Crippen LogP contribution is 2.57. The molecular formula is C26H34N4O2. The largest absolute Gasteiger partial charge is 0.355 e. The molecule has 0 aromatic carbocycles. The molecule has 32 heavy (non-hydrogen) atoms. The Hall–Kier alpha value is -2.76. The molecule has 5 rings (SSSR count). The van der Waals surface area contributed by atoms with Crippen molar-refractivity contribution in [3.8, 4) is 0 Å². The lowest BCUT2D eigenvalue weighted by atomic mass is 9.53. The van der Waals surface area contributed by atoms with E-state index >= 15 is 0 Å². The van der Waals surface area contributed by atoms with E-state index in [1.54, 1.807) is 0 Å². The standard InChI is InChI=1S/C26H34N4O2/c1-19-3-5-21(17-29-19)7-15-27-23(31)25-9-12-26(13-10-25,14-11-25)24(32)28-16-8-22-6-4-20(2)30-18-22/h3-6,17-18H,7-16H2,1-2H3,(H,27,31)(H,28,32). The van der Waals surface area contributed by atoms with E-state index in [0.717, 1.165) is 73.9 Å². The average Bonchev–Trinajstić information content (AvgIpc) is 2.82. The van der Waals surface area contributed by atoms with Gasteiger partial charge >= 0.3 is 0 Å². The minimum absolute atomic E-state index is 0.165. The molecule has 0 spiro atoms. The first-order chi connectivity index (χ1) is 15.4. The summed E-state index contributed by atoms with van der Waals surface area (Å²) in [5.74, 6) is 0.330. The molecule has 3 aliphatic carbocycles. The van der Waals surface area contributed by atoms with Crippen molar-refractivity contribution >= 4 is 11.8 Å². The van der Waals surface area contributed by atoms with Gasteiger partial charge in [0.05, 0.1) is 0 Å². The number of amides is 2. The number of nitrogens with zero attached hydrogens (tertiary/aromatic N) is 2. The first-order valence-electron chi connectivity index (χ1n) is 11.8. The Labute approximate surface area is 190 Å². The van der Waals surface area contributed by atoms with E-state index in [1.807, 2.05) is 38.4 Å². The number of carbonyl (C=O) groups is 2. The third-order valence-electron chi connectivity index (χ3n) is 7.55. The summed E-state index contributed by atoms with van der Waals surface area (Å²) >= 11 is 0. The lowest BCUT2D eigenvalue weighted by Gasteiger charge is -2.51. The van der Waals surface area contributed by atoms with Crippen LogP contribution in [0.3, 0.4) is 0 Å². The molecule has 2 aromatic heterocycles. The second kappa shape index (κ2) is 9.39. The molecule has 2 bridgehead atoms. The molecule has 0 saturated heterocycles. The van der Waals surface area contributed by atoms with Gasteiger partial charge in [-0.15, -0.1) is 0 Å². The molecule has 0 atom stereocenters. The molecule has 170 valence electrons. The van der Waals surface area contributed by atoms with Crippen molar-refractivity contribution in [3.63, 3.8) is 0 Å². The number of hydrogen-bond donors (Lipinski definition) is 2. The maximum atomic E-state index is 13.0. The van der Waals surface area contributed by atoms with Gasteiger partial charge in [-0.25, -0.2) is 0 Å². The van der Waals surface area contributed by atoms with Crippen LogP contribution in [0.15, 0.2) is 36.7 Å². The molecule has 0 unspecified atom stereocenters. The Morgan fingerprint density at radius 1 is 0.719 bits per heavy atom. The molecule has 3 saturated carbocycles. The van der Waals surface area contributed by atoms with Gasteiger partial charge in [0, 0.05) is 47.7 Å².